The van der Waals surface area contributed by atoms with E-state index in [1.54, 1.807) is 0 Å². The van der Waals surface area contributed by atoms with Crippen LogP contribution in [0.4, 0.5) is 0 Å². The summed E-state index contributed by atoms with van der Waals surface area (Å²) in [6.07, 6.45) is 83.6. The molecule has 0 aromatic rings. The summed E-state index contributed by atoms with van der Waals surface area (Å²) in [5.74, 6) is -0.918. The Kier molecular flexibility index (Phi) is 61.7. The first kappa shape index (κ1) is 72.8. The minimum atomic E-state index is -0.796. The topological polar surface area (TPSA) is 78.9 Å². The third kappa shape index (κ3) is 61.7. The zero-order valence-electron chi connectivity index (χ0n) is 50.5. The molecule has 0 saturated heterocycles. The van der Waals surface area contributed by atoms with E-state index >= 15 is 0 Å². The van der Waals surface area contributed by atoms with Gasteiger partial charge in [-0.15, -0.1) is 0 Å². The predicted octanol–water partition coefficient (Wildman–Crippen LogP) is 22.5. The molecular weight excluding hydrogens is 937 g/mol. The van der Waals surface area contributed by atoms with Crippen LogP contribution in [0.25, 0.3) is 0 Å². The Balaban J connectivity index is 4.22. The average molecular weight is 1060 g/mol. The normalized spacial score (nSPS) is 12.5. The van der Waals surface area contributed by atoms with Crippen molar-refractivity contribution in [2.24, 2.45) is 0 Å². The molecule has 0 rings (SSSR count). The van der Waals surface area contributed by atoms with Crippen molar-refractivity contribution in [2.75, 3.05) is 13.2 Å². The zero-order chi connectivity index (χ0) is 55.0. The monoisotopic (exact) mass is 1060 g/mol. The first-order valence-electron chi connectivity index (χ1n) is 32.9. The molecule has 0 heterocycles. The molecule has 0 aliphatic heterocycles. The maximum absolute atomic E-state index is 12.9. The molecule has 0 saturated carbocycles. The molecule has 1 unspecified atom stereocenters. The minimum Gasteiger partial charge on any atom is -0.462 e. The first-order chi connectivity index (χ1) is 37.5. The van der Waals surface area contributed by atoms with Gasteiger partial charge in [-0.1, -0.05) is 306 Å². The second-order valence-electron chi connectivity index (χ2n) is 22.0. The van der Waals surface area contributed by atoms with E-state index in [1.807, 2.05) is 0 Å². The van der Waals surface area contributed by atoms with Crippen molar-refractivity contribution in [3.8, 4) is 0 Å². The number of ether oxygens (including phenoxy) is 3. The zero-order valence-corrected chi connectivity index (χ0v) is 50.5. The van der Waals surface area contributed by atoms with E-state index < -0.39 is 6.10 Å². The Bertz CT molecular complexity index is 1400. The number of esters is 3. The van der Waals surface area contributed by atoms with E-state index in [9.17, 15) is 14.4 Å². The third-order valence-electron chi connectivity index (χ3n) is 14.4. The Hall–Kier alpha value is -3.15. The summed E-state index contributed by atoms with van der Waals surface area (Å²) in [6, 6.07) is 0. The SMILES string of the molecule is CC/C=C\C/C=C\C/C=C\C/C=C\C/C=C\CCCCCC(=O)OC(COC(=O)CCCCCCC/C=C\CCCC)COC(=O)CCCCCCCCCCCCCCCCCCCCCCCCCCCCCC. The largest absolute Gasteiger partial charge is 0.462 e. The maximum Gasteiger partial charge on any atom is 0.306 e. The highest BCUT2D eigenvalue weighted by molar-refractivity contribution is 5.71. The molecule has 0 N–H and O–H groups in total. The van der Waals surface area contributed by atoms with Crippen molar-refractivity contribution in [1.82, 2.24) is 0 Å². The quantitative estimate of drug-likeness (QED) is 0.0261. The van der Waals surface area contributed by atoms with Crippen molar-refractivity contribution in [3.05, 3.63) is 72.9 Å². The van der Waals surface area contributed by atoms with Crippen LogP contribution in [0.2, 0.25) is 0 Å². The van der Waals surface area contributed by atoms with Crippen LogP contribution in [0.1, 0.15) is 335 Å². The Morgan fingerprint density at radius 3 is 0.868 bits per heavy atom. The van der Waals surface area contributed by atoms with Crippen LogP contribution in [-0.4, -0.2) is 37.2 Å². The summed E-state index contributed by atoms with van der Waals surface area (Å²) in [7, 11) is 0. The number of allylic oxidation sites excluding steroid dienone is 12. The van der Waals surface area contributed by atoms with Gasteiger partial charge in [0, 0.05) is 19.3 Å². The van der Waals surface area contributed by atoms with Gasteiger partial charge in [-0.05, 0) is 83.5 Å². The lowest BCUT2D eigenvalue weighted by Gasteiger charge is -2.18. The standard InChI is InChI=1S/C70H124O6/c1-4-7-10-13-16-19-22-24-26-28-30-31-32-33-34-35-36-37-38-40-41-43-45-48-51-54-57-60-63-69(72)75-66-67(65-74-68(71)62-59-56-53-50-47-21-18-15-12-9-6-3)76-70(73)64-61-58-55-52-49-46-44-42-39-29-27-25-23-20-17-14-11-8-5-2/h8,11,15,17-18,20,25,27,39,42,46,49,67H,4-7,9-10,12-14,16,19,21-24,26,28-38,40-41,43-45,47-48,50-66H2,1-3H3/b11-8-,18-15-,20-17-,27-25-,42-39-,49-46-. The molecule has 0 aliphatic carbocycles. The molecule has 0 spiro atoms. The van der Waals surface area contributed by atoms with Crippen LogP contribution in [0, 0.1) is 0 Å². The van der Waals surface area contributed by atoms with Crippen LogP contribution in [0.3, 0.4) is 0 Å². The van der Waals surface area contributed by atoms with Crippen molar-refractivity contribution in [2.45, 2.75) is 341 Å². The second kappa shape index (κ2) is 64.4. The summed E-state index contributed by atoms with van der Waals surface area (Å²) in [5.41, 5.74) is 0. The molecule has 0 aliphatic rings. The van der Waals surface area contributed by atoms with Gasteiger partial charge in [-0.2, -0.15) is 0 Å². The number of rotatable bonds is 60. The highest BCUT2D eigenvalue weighted by atomic mass is 16.6. The molecule has 76 heavy (non-hydrogen) atoms. The number of unbranched alkanes of at least 4 members (excludes halogenated alkanes) is 37. The fraction of sp³-hybridized carbons (Fsp3) is 0.786. The highest BCUT2D eigenvalue weighted by Crippen LogP contribution is 2.18. The van der Waals surface area contributed by atoms with Crippen molar-refractivity contribution >= 4 is 17.9 Å². The van der Waals surface area contributed by atoms with Gasteiger partial charge < -0.3 is 14.2 Å². The van der Waals surface area contributed by atoms with Crippen LogP contribution in [0.5, 0.6) is 0 Å². The summed E-state index contributed by atoms with van der Waals surface area (Å²) in [4.78, 5) is 38.2. The molecule has 1 atom stereocenters. The third-order valence-corrected chi connectivity index (χ3v) is 14.4. The first-order valence-corrected chi connectivity index (χ1v) is 32.9. The smallest absolute Gasteiger partial charge is 0.306 e. The molecule has 0 aromatic heterocycles. The van der Waals surface area contributed by atoms with E-state index in [0.717, 1.165) is 103 Å². The molecule has 0 fully saturated rings. The molecule has 0 radical (unpaired) electrons. The highest BCUT2D eigenvalue weighted by Gasteiger charge is 2.19. The number of carbonyl (C=O) groups excluding carboxylic acids is 3. The molecule has 440 valence electrons. The maximum atomic E-state index is 12.9. The molecular formula is C70H124O6. The lowest BCUT2D eigenvalue weighted by Crippen LogP contribution is -2.30. The van der Waals surface area contributed by atoms with E-state index in [1.165, 1.54) is 193 Å². The summed E-state index contributed by atoms with van der Waals surface area (Å²) in [5, 5.41) is 0. The fourth-order valence-electron chi connectivity index (χ4n) is 9.51. The number of hydrogen-bond acceptors (Lipinski definition) is 6. The molecule has 0 amide bonds. The van der Waals surface area contributed by atoms with Gasteiger partial charge in [0.25, 0.3) is 0 Å². The van der Waals surface area contributed by atoms with Crippen molar-refractivity contribution in [1.29, 1.82) is 0 Å². The average Bonchev–Trinajstić information content (AvgIpc) is 3.42. The van der Waals surface area contributed by atoms with Gasteiger partial charge in [0.2, 0.25) is 0 Å². The van der Waals surface area contributed by atoms with Gasteiger partial charge in [0.05, 0.1) is 0 Å². The Morgan fingerprint density at radius 1 is 0.276 bits per heavy atom. The Labute approximate surface area is 472 Å². The van der Waals surface area contributed by atoms with Gasteiger partial charge in [0.15, 0.2) is 6.10 Å². The van der Waals surface area contributed by atoms with Gasteiger partial charge >= 0.3 is 17.9 Å². The minimum absolute atomic E-state index is 0.0889. The van der Waals surface area contributed by atoms with Gasteiger partial charge in [-0.25, -0.2) is 0 Å². The number of hydrogen-bond donors (Lipinski definition) is 0. The van der Waals surface area contributed by atoms with Crippen LogP contribution in [-0.2, 0) is 28.6 Å². The van der Waals surface area contributed by atoms with Crippen molar-refractivity contribution < 1.29 is 28.6 Å². The summed E-state index contributed by atoms with van der Waals surface area (Å²) in [6.45, 7) is 6.49. The van der Waals surface area contributed by atoms with E-state index in [-0.39, 0.29) is 37.5 Å². The lowest BCUT2D eigenvalue weighted by molar-refractivity contribution is -0.167. The van der Waals surface area contributed by atoms with E-state index in [0.29, 0.717) is 12.8 Å². The Morgan fingerprint density at radius 2 is 0.526 bits per heavy atom. The molecule has 0 aromatic carbocycles. The van der Waals surface area contributed by atoms with Crippen LogP contribution in [0.15, 0.2) is 72.9 Å². The number of carbonyl (C=O) groups is 3. The van der Waals surface area contributed by atoms with Crippen LogP contribution >= 0.6 is 0 Å². The second-order valence-corrected chi connectivity index (χ2v) is 22.0. The van der Waals surface area contributed by atoms with E-state index in [2.05, 4.69) is 93.7 Å². The summed E-state index contributed by atoms with van der Waals surface area (Å²) < 4.78 is 16.9. The van der Waals surface area contributed by atoms with Crippen LogP contribution < -0.4 is 0 Å². The fourth-order valence-corrected chi connectivity index (χ4v) is 9.51. The van der Waals surface area contributed by atoms with Gasteiger partial charge in [-0.3, -0.25) is 14.4 Å². The van der Waals surface area contributed by atoms with Crippen molar-refractivity contribution in [3.63, 3.8) is 0 Å². The predicted molar refractivity (Wildman–Crippen MR) is 330 cm³/mol. The molecule has 6 heteroatoms. The molecule has 0 bridgehead atoms. The molecule has 6 nitrogen and oxygen atoms in total. The van der Waals surface area contributed by atoms with E-state index in [4.69, 9.17) is 14.2 Å². The van der Waals surface area contributed by atoms with Gasteiger partial charge in [0.1, 0.15) is 13.2 Å². The summed E-state index contributed by atoms with van der Waals surface area (Å²) >= 11 is 0. The lowest BCUT2D eigenvalue weighted by atomic mass is 10.0.